The Bertz CT molecular complexity index is 880. The molecule has 1 aromatic carbocycles. The van der Waals surface area contributed by atoms with Crippen LogP contribution in [0, 0.1) is 31.1 Å². The lowest BCUT2D eigenvalue weighted by atomic mass is 9.49. The molecule has 32 heavy (non-hydrogen) atoms. The van der Waals surface area contributed by atoms with Crippen LogP contribution in [0.2, 0.25) is 0 Å². The summed E-state index contributed by atoms with van der Waals surface area (Å²) in [4.78, 5) is 25.5. The van der Waals surface area contributed by atoms with Gasteiger partial charge in [0.1, 0.15) is 0 Å². The van der Waals surface area contributed by atoms with Gasteiger partial charge in [0.2, 0.25) is 11.8 Å². The minimum atomic E-state index is -0.279. The summed E-state index contributed by atoms with van der Waals surface area (Å²) in [6.45, 7) is 11.7. The van der Waals surface area contributed by atoms with E-state index in [0.717, 1.165) is 48.8 Å². The van der Waals surface area contributed by atoms with E-state index in [4.69, 9.17) is 11.6 Å². The van der Waals surface area contributed by atoms with Crippen molar-refractivity contribution in [1.82, 2.24) is 10.6 Å². The highest BCUT2D eigenvalue weighted by atomic mass is 35.5. The highest BCUT2D eigenvalue weighted by molar-refractivity contribution is 6.24. The fraction of sp³-hybridized carbons (Fsp3) is 0.704. The molecule has 0 aromatic heterocycles. The third-order valence-electron chi connectivity index (χ3n) is 8.10. The number of amides is 2. The number of carbonyl (C=O) groups excluding carboxylic acids is 2. The zero-order valence-electron chi connectivity index (χ0n) is 20.4. The first-order chi connectivity index (χ1) is 14.9. The van der Waals surface area contributed by atoms with E-state index in [1.54, 1.807) is 0 Å². The normalized spacial score (nSPS) is 30.9. The maximum Gasteiger partial charge on any atom is 0.226 e. The van der Waals surface area contributed by atoms with Gasteiger partial charge in [-0.3, -0.25) is 9.59 Å². The van der Waals surface area contributed by atoms with E-state index in [1.807, 2.05) is 0 Å². The summed E-state index contributed by atoms with van der Waals surface area (Å²) in [5.74, 6) is 1.37. The summed E-state index contributed by atoms with van der Waals surface area (Å²) in [6.07, 6.45) is 6.55. The Morgan fingerprint density at radius 1 is 1.00 bits per heavy atom. The summed E-state index contributed by atoms with van der Waals surface area (Å²) in [5.41, 5.74) is 4.53. The van der Waals surface area contributed by atoms with E-state index >= 15 is 0 Å². The van der Waals surface area contributed by atoms with Crippen LogP contribution in [0.5, 0.6) is 0 Å². The zero-order chi connectivity index (χ0) is 23.3. The predicted molar refractivity (Wildman–Crippen MR) is 130 cm³/mol. The Morgan fingerprint density at radius 3 is 2.09 bits per heavy atom. The molecule has 5 heteroatoms. The molecule has 0 unspecified atom stereocenters. The number of halogens is 1. The standard InChI is InChI=1S/C27H39ClN2O2/c1-17-8-21(25(3,4)5)9-18(2)22(17)11-23(31)29-6-7-30-24(32)26-12-19-10-20(13-26)15-27(28,14-19)16-26/h8-9,19-20H,6-7,10-16H2,1-5H3,(H,29,31)(H,30,32)/t19-,20-,26?,27?/m1/s1. The summed E-state index contributed by atoms with van der Waals surface area (Å²) >= 11 is 6.87. The molecule has 4 saturated carbocycles. The average Bonchev–Trinajstić information content (AvgIpc) is 2.65. The lowest BCUT2D eigenvalue weighted by Crippen LogP contribution is -2.58. The van der Waals surface area contributed by atoms with Crippen molar-refractivity contribution >= 4 is 23.4 Å². The van der Waals surface area contributed by atoms with Gasteiger partial charge in [-0.25, -0.2) is 0 Å². The molecule has 2 amide bonds. The zero-order valence-corrected chi connectivity index (χ0v) is 21.1. The monoisotopic (exact) mass is 458 g/mol. The molecule has 4 aliphatic rings. The number of nitrogens with one attached hydrogen (secondary N) is 2. The fourth-order valence-electron chi connectivity index (χ4n) is 6.91. The summed E-state index contributed by atoms with van der Waals surface area (Å²) in [5, 5.41) is 6.10. The molecular weight excluding hydrogens is 420 g/mol. The van der Waals surface area contributed by atoms with Gasteiger partial charge in [0, 0.05) is 18.0 Å². The van der Waals surface area contributed by atoms with Crippen molar-refractivity contribution in [1.29, 1.82) is 0 Å². The summed E-state index contributed by atoms with van der Waals surface area (Å²) < 4.78 is 0. The number of aryl methyl sites for hydroxylation is 2. The molecule has 4 bridgehead atoms. The first-order valence-electron chi connectivity index (χ1n) is 12.2. The van der Waals surface area contributed by atoms with Crippen molar-refractivity contribution in [2.75, 3.05) is 13.1 Å². The first kappa shape index (κ1) is 23.6. The maximum absolute atomic E-state index is 13.1. The van der Waals surface area contributed by atoms with Gasteiger partial charge in [-0.15, -0.1) is 11.6 Å². The number of rotatable bonds is 6. The topological polar surface area (TPSA) is 58.2 Å². The molecule has 5 rings (SSSR count). The molecule has 4 nitrogen and oxygen atoms in total. The number of benzene rings is 1. The van der Waals surface area contributed by atoms with Gasteiger partial charge in [-0.1, -0.05) is 32.9 Å². The van der Waals surface area contributed by atoms with Gasteiger partial charge in [-0.2, -0.15) is 0 Å². The van der Waals surface area contributed by atoms with E-state index in [1.165, 1.54) is 12.0 Å². The largest absolute Gasteiger partial charge is 0.354 e. The number of carbonyl (C=O) groups is 2. The second-order valence-electron chi connectivity index (χ2n) is 12.0. The van der Waals surface area contributed by atoms with Crippen molar-refractivity contribution in [3.05, 3.63) is 34.4 Å². The predicted octanol–water partition coefficient (Wildman–Crippen LogP) is 4.95. The molecule has 0 aliphatic heterocycles. The number of alkyl halides is 1. The van der Waals surface area contributed by atoms with Crippen molar-refractivity contribution < 1.29 is 9.59 Å². The number of hydrogen-bond donors (Lipinski definition) is 2. The minimum Gasteiger partial charge on any atom is -0.354 e. The van der Waals surface area contributed by atoms with Crippen LogP contribution in [-0.2, 0) is 21.4 Å². The van der Waals surface area contributed by atoms with Crippen LogP contribution < -0.4 is 10.6 Å². The Hall–Kier alpha value is -1.55. The lowest BCUT2D eigenvalue weighted by molar-refractivity contribution is -0.144. The molecule has 176 valence electrons. The molecule has 1 aromatic rings. The molecule has 4 aliphatic carbocycles. The Kier molecular flexibility index (Phi) is 6.15. The van der Waals surface area contributed by atoms with Gasteiger partial charge in [0.25, 0.3) is 0 Å². The molecule has 0 saturated heterocycles. The van der Waals surface area contributed by atoms with Gasteiger partial charge < -0.3 is 10.6 Å². The smallest absolute Gasteiger partial charge is 0.226 e. The van der Waals surface area contributed by atoms with Crippen LogP contribution in [0.4, 0.5) is 0 Å². The minimum absolute atomic E-state index is 0.00322. The highest BCUT2D eigenvalue weighted by Gasteiger charge is 2.59. The summed E-state index contributed by atoms with van der Waals surface area (Å²) in [6, 6.07) is 4.40. The molecule has 0 spiro atoms. The fourth-order valence-corrected chi connectivity index (χ4v) is 7.60. The molecule has 2 atom stereocenters. The molecule has 4 fully saturated rings. The molecular formula is C27H39ClN2O2. The van der Waals surface area contributed by atoms with Crippen LogP contribution in [0.3, 0.4) is 0 Å². The van der Waals surface area contributed by atoms with Gasteiger partial charge in [0.15, 0.2) is 0 Å². The third kappa shape index (κ3) is 4.71. The Labute approximate surface area is 198 Å². The van der Waals surface area contributed by atoms with Gasteiger partial charge in [-0.05, 0) is 91.9 Å². The highest BCUT2D eigenvalue weighted by Crippen LogP contribution is 2.63. The lowest BCUT2D eigenvalue weighted by Gasteiger charge is -2.59. The van der Waals surface area contributed by atoms with E-state index < -0.39 is 0 Å². The van der Waals surface area contributed by atoms with E-state index in [-0.39, 0.29) is 27.5 Å². The molecule has 2 N–H and O–H groups in total. The van der Waals surface area contributed by atoms with Gasteiger partial charge in [0.05, 0.1) is 11.8 Å². The Morgan fingerprint density at radius 2 is 1.56 bits per heavy atom. The van der Waals surface area contributed by atoms with Crippen LogP contribution in [-0.4, -0.2) is 29.8 Å². The number of hydrogen-bond acceptors (Lipinski definition) is 2. The van der Waals surface area contributed by atoms with E-state index in [0.29, 0.717) is 31.3 Å². The second-order valence-corrected chi connectivity index (χ2v) is 12.8. The van der Waals surface area contributed by atoms with Gasteiger partial charge >= 0.3 is 0 Å². The van der Waals surface area contributed by atoms with Crippen molar-refractivity contribution in [2.45, 2.75) is 89.9 Å². The second kappa shape index (κ2) is 8.34. The molecule has 0 heterocycles. The first-order valence-corrected chi connectivity index (χ1v) is 12.6. The quantitative estimate of drug-likeness (QED) is 0.467. The van der Waals surface area contributed by atoms with E-state index in [9.17, 15) is 9.59 Å². The van der Waals surface area contributed by atoms with Crippen molar-refractivity contribution in [3.8, 4) is 0 Å². The molecule has 0 radical (unpaired) electrons. The van der Waals surface area contributed by atoms with Crippen LogP contribution >= 0.6 is 11.6 Å². The van der Waals surface area contributed by atoms with E-state index in [2.05, 4.69) is 57.4 Å². The Balaban J connectivity index is 1.27. The van der Waals surface area contributed by atoms with Crippen molar-refractivity contribution in [2.24, 2.45) is 17.3 Å². The maximum atomic E-state index is 13.1. The summed E-state index contributed by atoms with van der Waals surface area (Å²) in [7, 11) is 0. The van der Waals surface area contributed by atoms with Crippen LogP contribution in [0.1, 0.15) is 81.5 Å². The van der Waals surface area contributed by atoms with Crippen LogP contribution in [0.25, 0.3) is 0 Å². The van der Waals surface area contributed by atoms with Crippen molar-refractivity contribution in [3.63, 3.8) is 0 Å². The SMILES string of the molecule is Cc1cc(C(C)(C)C)cc(C)c1CC(=O)NCCNC(=O)C12C[C@H]3C[C@@H](CC(Cl)(C3)C1)C2. The average molecular weight is 459 g/mol. The van der Waals surface area contributed by atoms with Crippen LogP contribution in [0.15, 0.2) is 12.1 Å². The third-order valence-corrected chi connectivity index (χ3v) is 8.55.